The second-order valence-corrected chi connectivity index (χ2v) is 4.10. The number of rotatable bonds is 3. The summed E-state index contributed by atoms with van der Waals surface area (Å²) in [4.78, 5) is 21.5. The van der Waals surface area contributed by atoms with Crippen molar-refractivity contribution in [2.24, 2.45) is 5.73 Å². The van der Waals surface area contributed by atoms with Gasteiger partial charge in [0.15, 0.2) is 0 Å². The van der Waals surface area contributed by atoms with Gasteiger partial charge in [0, 0.05) is 10.2 Å². The predicted molar refractivity (Wildman–Crippen MR) is 65.1 cm³/mol. The van der Waals surface area contributed by atoms with E-state index in [1.807, 2.05) is 30.4 Å². The van der Waals surface area contributed by atoms with Crippen molar-refractivity contribution >= 4 is 33.6 Å². The zero-order valence-electron chi connectivity index (χ0n) is 8.71. The maximum absolute atomic E-state index is 11.1. The van der Waals surface area contributed by atoms with Crippen molar-refractivity contribution in [3.8, 4) is 0 Å². The van der Waals surface area contributed by atoms with Crippen LogP contribution in [-0.4, -0.2) is 18.5 Å². The predicted octanol–water partition coefficient (Wildman–Crippen LogP) is 1.36. The molecule has 86 valence electrons. The summed E-state index contributed by atoms with van der Waals surface area (Å²) in [5.74, 6) is -0.472. The molecule has 0 aliphatic carbocycles. The van der Waals surface area contributed by atoms with Crippen LogP contribution in [-0.2, 0) is 4.79 Å². The van der Waals surface area contributed by atoms with E-state index in [0.29, 0.717) is 0 Å². The van der Waals surface area contributed by atoms with Gasteiger partial charge in [0.2, 0.25) is 5.91 Å². The van der Waals surface area contributed by atoms with E-state index in [2.05, 4.69) is 21.2 Å². The molecule has 6 heteroatoms. The zero-order chi connectivity index (χ0) is 12.1. The summed E-state index contributed by atoms with van der Waals surface area (Å²) in [6.07, 6.45) is 0. The molecular weight excluding hydrogens is 274 g/mol. The molecule has 0 atom stereocenters. The molecule has 0 aliphatic rings. The first-order valence-electron chi connectivity index (χ1n) is 4.58. The SMILES string of the molecule is Cc1ccc(NCC(=O)NC(N)=O)c(Br)c1. The number of carbonyl (C=O) groups is 2. The fourth-order valence-corrected chi connectivity index (χ4v) is 1.75. The lowest BCUT2D eigenvalue weighted by atomic mass is 10.2. The number of nitrogens with two attached hydrogens (primary N) is 1. The van der Waals surface area contributed by atoms with Crippen LogP contribution in [0.3, 0.4) is 0 Å². The number of hydrogen-bond acceptors (Lipinski definition) is 3. The van der Waals surface area contributed by atoms with Gasteiger partial charge < -0.3 is 11.1 Å². The smallest absolute Gasteiger partial charge is 0.318 e. The third-order valence-corrected chi connectivity index (χ3v) is 2.48. The molecule has 0 fully saturated rings. The Balaban J connectivity index is 2.54. The Morgan fingerprint density at radius 3 is 2.69 bits per heavy atom. The van der Waals surface area contributed by atoms with Gasteiger partial charge in [0.1, 0.15) is 0 Å². The lowest BCUT2D eigenvalue weighted by Gasteiger charge is -2.08. The number of nitrogens with one attached hydrogen (secondary N) is 2. The minimum atomic E-state index is -0.852. The Labute approximate surface area is 102 Å². The van der Waals surface area contributed by atoms with Crippen LogP contribution >= 0.6 is 15.9 Å². The summed E-state index contributed by atoms with van der Waals surface area (Å²) >= 11 is 3.36. The highest BCUT2D eigenvalue weighted by molar-refractivity contribution is 9.10. The molecule has 0 bridgehead atoms. The minimum Gasteiger partial charge on any atom is -0.375 e. The maximum atomic E-state index is 11.1. The monoisotopic (exact) mass is 285 g/mol. The van der Waals surface area contributed by atoms with Crippen molar-refractivity contribution in [1.29, 1.82) is 0 Å². The quantitative estimate of drug-likeness (QED) is 0.784. The number of imide groups is 1. The van der Waals surface area contributed by atoms with Gasteiger partial charge in [-0.1, -0.05) is 6.07 Å². The molecule has 0 spiro atoms. The van der Waals surface area contributed by atoms with Gasteiger partial charge in [-0.3, -0.25) is 10.1 Å². The summed E-state index contributed by atoms with van der Waals surface area (Å²) in [5, 5.41) is 4.84. The first kappa shape index (κ1) is 12.5. The maximum Gasteiger partial charge on any atom is 0.318 e. The number of carbonyl (C=O) groups excluding carboxylic acids is 2. The first-order valence-corrected chi connectivity index (χ1v) is 5.37. The molecular formula is C10H12BrN3O2. The molecule has 0 aromatic heterocycles. The van der Waals surface area contributed by atoms with Gasteiger partial charge >= 0.3 is 6.03 Å². The Morgan fingerprint density at radius 2 is 2.12 bits per heavy atom. The number of benzene rings is 1. The van der Waals surface area contributed by atoms with Crippen LogP contribution in [0.5, 0.6) is 0 Å². The van der Waals surface area contributed by atoms with Gasteiger partial charge in [0.25, 0.3) is 0 Å². The molecule has 1 aromatic carbocycles. The molecule has 4 N–H and O–H groups in total. The van der Waals surface area contributed by atoms with Crippen LogP contribution in [0, 0.1) is 6.92 Å². The van der Waals surface area contributed by atoms with Crippen LogP contribution < -0.4 is 16.4 Å². The fourth-order valence-electron chi connectivity index (χ4n) is 1.12. The van der Waals surface area contributed by atoms with E-state index in [1.165, 1.54) is 0 Å². The van der Waals surface area contributed by atoms with Crippen molar-refractivity contribution < 1.29 is 9.59 Å². The van der Waals surface area contributed by atoms with E-state index in [0.717, 1.165) is 15.7 Å². The summed E-state index contributed by atoms with van der Waals surface area (Å²) < 4.78 is 0.861. The molecule has 0 unspecified atom stereocenters. The van der Waals surface area contributed by atoms with Crippen LogP contribution in [0.25, 0.3) is 0 Å². The van der Waals surface area contributed by atoms with Gasteiger partial charge in [0.05, 0.1) is 6.54 Å². The number of hydrogen-bond donors (Lipinski definition) is 3. The summed E-state index contributed by atoms with van der Waals surface area (Å²) in [6, 6.07) is 4.83. The Bertz CT molecular complexity index is 421. The molecule has 3 amide bonds. The lowest BCUT2D eigenvalue weighted by Crippen LogP contribution is -2.38. The molecule has 0 heterocycles. The molecule has 0 radical (unpaired) electrons. The third kappa shape index (κ3) is 3.90. The molecule has 5 nitrogen and oxygen atoms in total. The van der Waals surface area contributed by atoms with Crippen LogP contribution in [0.2, 0.25) is 0 Å². The average molecular weight is 286 g/mol. The number of halogens is 1. The van der Waals surface area contributed by atoms with Gasteiger partial charge in [-0.05, 0) is 40.5 Å². The molecule has 0 saturated carbocycles. The van der Waals surface area contributed by atoms with Crippen LogP contribution in [0.1, 0.15) is 5.56 Å². The van der Waals surface area contributed by atoms with Gasteiger partial charge in [-0.15, -0.1) is 0 Å². The Kier molecular flexibility index (Phi) is 4.30. The molecule has 0 saturated heterocycles. The molecule has 1 aromatic rings. The third-order valence-electron chi connectivity index (χ3n) is 1.83. The lowest BCUT2D eigenvalue weighted by molar-refractivity contribution is -0.118. The normalized spacial score (nSPS) is 9.62. The molecule has 1 rings (SSSR count). The minimum absolute atomic E-state index is 0.00932. The van der Waals surface area contributed by atoms with E-state index in [9.17, 15) is 9.59 Å². The molecule has 16 heavy (non-hydrogen) atoms. The van der Waals surface area contributed by atoms with Crippen molar-refractivity contribution in [3.05, 3.63) is 28.2 Å². The van der Waals surface area contributed by atoms with Crippen molar-refractivity contribution in [2.75, 3.05) is 11.9 Å². The average Bonchev–Trinajstić information content (AvgIpc) is 2.15. The standard InChI is InChI=1S/C10H12BrN3O2/c1-6-2-3-8(7(11)4-6)13-5-9(15)14-10(12)16/h2-4,13H,5H2,1H3,(H3,12,14,15,16). The largest absolute Gasteiger partial charge is 0.375 e. The molecule has 0 aliphatic heterocycles. The number of urea groups is 1. The van der Waals surface area contributed by atoms with E-state index < -0.39 is 11.9 Å². The second-order valence-electron chi connectivity index (χ2n) is 3.25. The zero-order valence-corrected chi connectivity index (χ0v) is 10.3. The highest BCUT2D eigenvalue weighted by atomic mass is 79.9. The van der Waals surface area contributed by atoms with E-state index >= 15 is 0 Å². The van der Waals surface area contributed by atoms with Crippen molar-refractivity contribution in [1.82, 2.24) is 5.32 Å². The van der Waals surface area contributed by atoms with Crippen molar-refractivity contribution in [3.63, 3.8) is 0 Å². The van der Waals surface area contributed by atoms with Crippen molar-refractivity contribution in [2.45, 2.75) is 6.92 Å². The van der Waals surface area contributed by atoms with Gasteiger partial charge in [-0.25, -0.2) is 4.79 Å². The van der Waals surface area contributed by atoms with Gasteiger partial charge in [-0.2, -0.15) is 0 Å². The topological polar surface area (TPSA) is 84.2 Å². The number of anilines is 1. The summed E-state index contributed by atoms with van der Waals surface area (Å²) in [7, 11) is 0. The van der Waals surface area contributed by atoms with Crippen LogP contribution in [0.15, 0.2) is 22.7 Å². The second kappa shape index (κ2) is 5.50. The number of aryl methyl sites for hydroxylation is 1. The summed E-state index contributed by atoms with van der Waals surface area (Å²) in [5.41, 5.74) is 6.70. The highest BCUT2D eigenvalue weighted by Gasteiger charge is 2.05. The number of primary amides is 1. The first-order chi connectivity index (χ1) is 7.49. The van der Waals surface area contributed by atoms with Crippen LogP contribution in [0.4, 0.5) is 10.5 Å². The fraction of sp³-hybridized carbons (Fsp3) is 0.200. The Hall–Kier alpha value is -1.56. The number of amides is 3. The van der Waals surface area contributed by atoms with E-state index in [1.54, 1.807) is 0 Å². The van der Waals surface area contributed by atoms with E-state index in [-0.39, 0.29) is 6.54 Å². The highest BCUT2D eigenvalue weighted by Crippen LogP contribution is 2.22. The Morgan fingerprint density at radius 1 is 1.44 bits per heavy atom. The van der Waals surface area contributed by atoms with E-state index in [4.69, 9.17) is 5.73 Å². The summed E-state index contributed by atoms with van der Waals surface area (Å²) in [6.45, 7) is 1.96.